The summed E-state index contributed by atoms with van der Waals surface area (Å²) in [6.45, 7) is 0. The Morgan fingerprint density at radius 2 is 1.64 bits per heavy atom. The highest BCUT2D eigenvalue weighted by Gasteiger charge is 2.62. The van der Waals surface area contributed by atoms with Gasteiger partial charge < -0.3 is 0 Å². The molecule has 2 bridgehead atoms. The first kappa shape index (κ1) is 16.3. The monoisotopic (exact) mass is 400 g/mol. The maximum Gasteiger partial charge on any atom is 0.121 e. The molecule has 2 aromatic rings. The van der Waals surface area contributed by atoms with Crippen LogP contribution in [0.3, 0.4) is 0 Å². The van der Waals surface area contributed by atoms with Gasteiger partial charge in [0.15, 0.2) is 0 Å². The zero-order valence-corrected chi connectivity index (χ0v) is 16.5. The summed E-state index contributed by atoms with van der Waals surface area (Å²) in [5.41, 5.74) is 0. The van der Waals surface area contributed by atoms with Crippen LogP contribution in [-0.2, 0) is 10.8 Å². The van der Waals surface area contributed by atoms with Gasteiger partial charge in [0.1, 0.15) is 4.08 Å². The molecule has 0 aliphatic carbocycles. The largest absolute Gasteiger partial charge is 0.257 e. The number of rotatable bonds is 4. The Kier molecular flexibility index (Phi) is 4.16. The molecule has 0 saturated carbocycles. The summed E-state index contributed by atoms with van der Waals surface area (Å²) >= 11 is 5.53. The standard InChI is InChI=1S/C20H16OS4/c21-25-17-11-12-20(25,24-15-9-5-2-6-10-15)16-13-18(23-19(16)17)22-14-7-3-1-4-8-14/h1-13,16-17,19H/t16-,17?,19+,20-,25?/m0/s1. The minimum Gasteiger partial charge on any atom is -0.257 e. The van der Waals surface area contributed by atoms with E-state index in [0.717, 1.165) is 0 Å². The zero-order valence-electron chi connectivity index (χ0n) is 13.3. The minimum atomic E-state index is -0.853. The summed E-state index contributed by atoms with van der Waals surface area (Å²) in [6, 6.07) is 20.9. The Hall–Kier alpha value is -0.880. The molecule has 25 heavy (non-hydrogen) atoms. The van der Waals surface area contributed by atoms with E-state index >= 15 is 0 Å². The van der Waals surface area contributed by atoms with Gasteiger partial charge in [0.25, 0.3) is 0 Å². The molecule has 5 rings (SSSR count). The van der Waals surface area contributed by atoms with Crippen LogP contribution in [0.5, 0.6) is 0 Å². The number of allylic oxidation sites excluding steroid dienone is 1. The molecule has 5 heteroatoms. The number of hydrogen-bond acceptors (Lipinski definition) is 4. The minimum absolute atomic E-state index is 0.177. The lowest BCUT2D eigenvalue weighted by Crippen LogP contribution is -2.31. The van der Waals surface area contributed by atoms with Gasteiger partial charge in [-0.2, -0.15) is 0 Å². The third kappa shape index (κ3) is 2.67. The average Bonchev–Trinajstić information content (AvgIpc) is 3.25. The molecular weight excluding hydrogens is 384 g/mol. The van der Waals surface area contributed by atoms with Crippen molar-refractivity contribution in [2.75, 3.05) is 0 Å². The van der Waals surface area contributed by atoms with E-state index in [1.165, 1.54) is 14.0 Å². The maximum absolute atomic E-state index is 13.2. The molecule has 2 aromatic carbocycles. The normalized spacial score (nSPS) is 35.0. The summed E-state index contributed by atoms with van der Waals surface area (Å²) in [4.78, 5) is 2.47. The highest BCUT2D eigenvalue weighted by molar-refractivity contribution is 8.23. The molecule has 1 nitrogen and oxygen atoms in total. The quantitative estimate of drug-likeness (QED) is 0.626. The van der Waals surface area contributed by atoms with E-state index in [1.807, 2.05) is 35.7 Å². The number of hydrogen-bond donors (Lipinski definition) is 0. The molecule has 3 aliphatic rings. The molecule has 3 aliphatic heterocycles. The first-order valence-electron chi connectivity index (χ1n) is 8.22. The van der Waals surface area contributed by atoms with Gasteiger partial charge in [-0.1, -0.05) is 66.4 Å². The van der Waals surface area contributed by atoms with Gasteiger partial charge in [0.05, 0.1) is 16.0 Å². The van der Waals surface area contributed by atoms with Crippen molar-refractivity contribution in [2.24, 2.45) is 5.92 Å². The second kappa shape index (κ2) is 6.38. The lowest BCUT2D eigenvalue weighted by molar-refractivity contribution is 0.637. The van der Waals surface area contributed by atoms with Crippen LogP contribution in [0.2, 0.25) is 0 Å². The zero-order chi connectivity index (χ0) is 16.9. The smallest absolute Gasteiger partial charge is 0.121 e. The summed E-state index contributed by atoms with van der Waals surface area (Å²) in [7, 11) is -0.853. The topological polar surface area (TPSA) is 17.1 Å². The fourth-order valence-corrected chi connectivity index (χ4v) is 10.9. The molecular formula is C20H16OS4. The Morgan fingerprint density at radius 3 is 2.36 bits per heavy atom. The maximum atomic E-state index is 13.2. The van der Waals surface area contributed by atoms with Gasteiger partial charge in [0.2, 0.25) is 0 Å². The third-order valence-corrected chi connectivity index (χ3v) is 11.5. The Morgan fingerprint density at radius 1 is 0.960 bits per heavy atom. The van der Waals surface area contributed by atoms with Gasteiger partial charge >= 0.3 is 0 Å². The highest BCUT2D eigenvalue weighted by Crippen LogP contribution is 2.63. The molecule has 1 saturated heterocycles. The second-order valence-corrected chi connectivity index (χ2v) is 12.3. The number of fused-ring (bicyclic) bond motifs is 5. The summed E-state index contributed by atoms with van der Waals surface area (Å²) in [5, 5.41) is 0.588. The van der Waals surface area contributed by atoms with Crippen LogP contribution >= 0.6 is 35.3 Å². The molecule has 0 N–H and O–H groups in total. The SMILES string of the molecule is O=S1C2C=C[C@@]1(Sc1ccccc1)[C@H]1C=C(Sc3ccccc3)S[C@@H]21. The Bertz CT molecular complexity index is 877. The molecule has 2 unspecified atom stereocenters. The fourth-order valence-electron chi connectivity index (χ4n) is 3.64. The number of thioether (sulfide) groups is 3. The van der Waals surface area contributed by atoms with Crippen molar-refractivity contribution < 1.29 is 4.21 Å². The van der Waals surface area contributed by atoms with Crippen LogP contribution in [0.25, 0.3) is 0 Å². The van der Waals surface area contributed by atoms with Crippen molar-refractivity contribution >= 4 is 46.1 Å². The lowest BCUT2D eigenvalue weighted by atomic mass is 9.94. The van der Waals surface area contributed by atoms with Crippen molar-refractivity contribution in [3.8, 4) is 0 Å². The van der Waals surface area contributed by atoms with E-state index in [4.69, 9.17) is 0 Å². The molecule has 0 amide bonds. The number of benzene rings is 2. The van der Waals surface area contributed by atoms with Crippen molar-refractivity contribution in [1.29, 1.82) is 0 Å². The Balaban J connectivity index is 1.45. The summed E-state index contributed by atoms with van der Waals surface area (Å²) in [5.74, 6) is 0.338. The van der Waals surface area contributed by atoms with E-state index in [9.17, 15) is 4.21 Å². The van der Waals surface area contributed by atoms with Crippen LogP contribution in [0.4, 0.5) is 0 Å². The van der Waals surface area contributed by atoms with Crippen molar-refractivity contribution in [1.82, 2.24) is 0 Å². The molecule has 0 radical (unpaired) electrons. The van der Waals surface area contributed by atoms with Crippen LogP contribution in [0.1, 0.15) is 0 Å². The first-order valence-corrected chi connectivity index (χ1v) is 11.9. The van der Waals surface area contributed by atoms with Gasteiger partial charge in [-0.05, 0) is 24.3 Å². The predicted octanol–water partition coefficient (Wildman–Crippen LogP) is 5.54. The molecule has 126 valence electrons. The molecule has 0 spiro atoms. The van der Waals surface area contributed by atoms with Gasteiger partial charge in [-0.15, -0.1) is 23.5 Å². The second-order valence-electron chi connectivity index (χ2n) is 6.27. The lowest BCUT2D eigenvalue weighted by Gasteiger charge is -2.28. The van der Waals surface area contributed by atoms with Crippen LogP contribution in [0.15, 0.2) is 92.9 Å². The average molecular weight is 401 g/mol. The van der Waals surface area contributed by atoms with E-state index in [1.54, 1.807) is 11.8 Å². The van der Waals surface area contributed by atoms with Crippen molar-refractivity contribution in [3.05, 3.63) is 83.1 Å². The van der Waals surface area contributed by atoms with Crippen molar-refractivity contribution in [3.63, 3.8) is 0 Å². The van der Waals surface area contributed by atoms with Crippen LogP contribution < -0.4 is 0 Å². The van der Waals surface area contributed by atoms with Crippen LogP contribution in [-0.4, -0.2) is 18.8 Å². The van der Waals surface area contributed by atoms with Crippen molar-refractivity contribution in [2.45, 2.75) is 24.4 Å². The molecule has 1 fully saturated rings. The molecule has 5 atom stereocenters. The predicted molar refractivity (Wildman–Crippen MR) is 111 cm³/mol. The highest BCUT2D eigenvalue weighted by atomic mass is 32.2. The summed E-state index contributed by atoms with van der Waals surface area (Å²) in [6.07, 6.45) is 6.80. The first-order chi connectivity index (χ1) is 12.3. The van der Waals surface area contributed by atoms with Crippen LogP contribution in [0, 0.1) is 5.92 Å². The fraction of sp³-hybridized carbons (Fsp3) is 0.200. The Labute approximate surface area is 163 Å². The van der Waals surface area contributed by atoms with Gasteiger partial charge in [-0.3, -0.25) is 4.21 Å². The molecule has 3 heterocycles. The van der Waals surface area contributed by atoms with E-state index in [-0.39, 0.29) is 9.33 Å². The van der Waals surface area contributed by atoms with E-state index < -0.39 is 10.8 Å². The summed E-state index contributed by atoms with van der Waals surface area (Å²) < 4.78 is 14.2. The van der Waals surface area contributed by atoms with Gasteiger partial charge in [0, 0.05) is 25.2 Å². The third-order valence-electron chi connectivity index (χ3n) is 4.77. The molecule has 0 aromatic heterocycles. The van der Waals surface area contributed by atoms with E-state index in [0.29, 0.717) is 11.2 Å². The van der Waals surface area contributed by atoms with Gasteiger partial charge in [-0.25, -0.2) is 0 Å². The van der Waals surface area contributed by atoms with E-state index in [2.05, 4.69) is 66.8 Å².